The molecule has 0 fully saturated rings. The van der Waals surface area contributed by atoms with Crippen molar-refractivity contribution in [2.45, 2.75) is 19.6 Å². The summed E-state index contributed by atoms with van der Waals surface area (Å²) in [4.78, 5) is 24.0. The van der Waals surface area contributed by atoms with E-state index in [4.69, 9.17) is 14.9 Å². The SMILES string of the molecule is CC(CO)N(C(=O)O)C(=O)Nc1ccc(OCc2ccc(-c3ccccc3)cc2)cc1. The third-order valence-electron chi connectivity index (χ3n) is 4.70. The molecule has 0 saturated heterocycles. The van der Waals surface area contributed by atoms with Crippen LogP contribution in [0.25, 0.3) is 11.1 Å². The number of urea groups is 1. The van der Waals surface area contributed by atoms with Gasteiger partial charge in [-0.05, 0) is 47.9 Å². The molecule has 31 heavy (non-hydrogen) atoms. The number of anilines is 1. The molecule has 160 valence electrons. The molecule has 1 atom stereocenters. The number of benzene rings is 3. The van der Waals surface area contributed by atoms with Crippen LogP contribution in [-0.2, 0) is 6.61 Å². The first-order valence-electron chi connectivity index (χ1n) is 9.79. The molecule has 3 aromatic rings. The number of aliphatic hydroxyl groups is 1. The second-order valence-electron chi connectivity index (χ2n) is 6.99. The normalized spacial score (nSPS) is 11.4. The molecule has 1 unspecified atom stereocenters. The van der Waals surface area contributed by atoms with E-state index < -0.39 is 24.8 Å². The summed E-state index contributed by atoms with van der Waals surface area (Å²) in [5, 5.41) is 20.8. The van der Waals surface area contributed by atoms with E-state index in [9.17, 15) is 9.59 Å². The number of rotatable bonds is 7. The van der Waals surface area contributed by atoms with Crippen LogP contribution in [-0.4, -0.2) is 39.9 Å². The van der Waals surface area contributed by atoms with E-state index in [1.165, 1.54) is 6.92 Å². The van der Waals surface area contributed by atoms with Gasteiger partial charge < -0.3 is 20.3 Å². The summed E-state index contributed by atoms with van der Waals surface area (Å²) in [5.41, 5.74) is 3.73. The van der Waals surface area contributed by atoms with Crippen LogP contribution in [0.15, 0.2) is 78.9 Å². The molecule has 3 N–H and O–H groups in total. The third-order valence-corrected chi connectivity index (χ3v) is 4.70. The number of hydrogen-bond donors (Lipinski definition) is 3. The van der Waals surface area contributed by atoms with Crippen molar-refractivity contribution in [2.75, 3.05) is 11.9 Å². The van der Waals surface area contributed by atoms with Crippen LogP contribution in [0.4, 0.5) is 15.3 Å². The van der Waals surface area contributed by atoms with E-state index in [1.54, 1.807) is 24.3 Å². The van der Waals surface area contributed by atoms with Gasteiger partial charge in [0.25, 0.3) is 0 Å². The largest absolute Gasteiger partial charge is 0.489 e. The van der Waals surface area contributed by atoms with Gasteiger partial charge in [-0.1, -0.05) is 54.6 Å². The number of aliphatic hydroxyl groups excluding tert-OH is 1. The Balaban J connectivity index is 1.56. The maximum absolute atomic E-state index is 12.2. The van der Waals surface area contributed by atoms with Gasteiger partial charge in [-0.3, -0.25) is 0 Å². The number of ether oxygens (including phenoxy) is 1. The zero-order valence-corrected chi connectivity index (χ0v) is 17.1. The van der Waals surface area contributed by atoms with E-state index in [0.29, 0.717) is 22.9 Å². The Morgan fingerprint density at radius 1 is 0.935 bits per heavy atom. The Kier molecular flexibility index (Phi) is 7.24. The first-order valence-corrected chi connectivity index (χ1v) is 9.79. The van der Waals surface area contributed by atoms with Crippen LogP contribution in [0, 0.1) is 0 Å². The number of hydrogen-bond acceptors (Lipinski definition) is 4. The second kappa shape index (κ2) is 10.3. The molecule has 0 saturated carbocycles. The maximum Gasteiger partial charge on any atom is 0.415 e. The second-order valence-corrected chi connectivity index (χ2v) is 6.99. The Labute approximate surface area is 180 Å². The zero-order chi connectivity index (χ0) is 22.2. The Bertz CT molecular complexity index is 1000. The predicted octanol–water partition coefficient (Wildman–Crippen LogP) is 4.83. The average Bonchev–Trinajstić information content (AvgIpc) is 2.79. The van der Waals surface area contributed by atoms with Crippen molar-refractivity contribution in [3.8, 4) is 16.9 Å². The van der Waals surface area contributed by atoms with Crippen LogP contribution in [0.1, 0.15) is 12.5 Å². The van der Waals surface area contributed by atoms with Crippen LogP contribution in [0.2, 0.25) is 0 Å². The maximum atomic E-state index is 12.2. The first kappa shape index (κ1) is 21.9. The quantitative estimate of drug-likeness (QED) is 0.509. The van der Waals surface area contributed by atoms with E-state index in [-0.39, 0.29) is 0 Å². The summed E-state index contributed by atoms with van der Waals surface area (Å²) in [6.07, 6.45) is -1.43. The number of imide groups is 1. The van der Waals surface area contributed by atoms with E-state index in [0.717, 1.165) is 16.7 Å². The Morgan fingerprint density at radius 2 is 1.55 bits per heavy atom. The highest BCUT2D eigenvalue weighted by Gasteiger charge is 2.26. The number of carbonyl (C=O) groups is 2. The lowest BCUT2D eigenvalue weighted by Gasteiger charge is -2.23. The fourth-order valence-corrected chi connectivity index (χ4v) is 2.97. The van der Waals surface area contributed by atoms with Crippen molar-refractivity contribution >= 4 is 17.8 Å². The van der Waals surface area contributed by atoms with Gasteiger partial charge >= 0.3 is 12.1 Å². The van der Waals surface area contributed by atoms with Crippen LogP contribution in [0.5, 0.6) is 5.75 Å². The molecular formula is C24H24N2O5. The molecule has 7 heteroatoms. The van der Waals surface area contributed by atoms with Gasteiger partial charge in [0.05, 0.1) is 12.6 Å². The van der Waals surface area contributed by atoms with Crippen molar-refractivity contribution in [1.82, 2.24) is 4.90 Å². The fourth-order valence-electron chi connectivity index (χ4n) is 2.97. The molecule has 0 aliphatic carbocycles. The van der Waals surface area contributed by atoms with Crippen molar-refractivity contribution in [2.24, 2.45) is 0 Å². The van der Waals surface area contributed by atoms with Gasteiger partial charge in [0.1, 0.15) is 12.4 Å². The molecule has 7 nitrogen and oxygen atoms in total. The van der Waals surface area contributed by atoms with Gasteiger partial charge in [-0.2, -0.15) is 0 Å². The lowest BCUT2D eigenvalue weighted by Crippen LogP contribution is -2.46. The Morgan fingerprint density at radius 3 is 2.13 bits per heavy atom. The summed E-state index contributed by atoms with van der Waals surface area (Å²) in [5.74, 6) is 0.615. The van der Waals surface area contributed by atoms with Gasteiger partial charge in [0.2, 0.25) is 0 Å². The summed E-state index contributed by atoms with van der Waals surface area (Å²) in [6, 6.07) is 23.2. The third kappa shape index (κ3) is 5.83. The van der Waals surface area contributed by atoms with Gasteiger partial charge in [-0.15, -0.1) is 0 Å². The molecule has 0 aliphatic heterocycles. The summed E-state index contributed by atoms with van der Waals surface area (Å²) < 4.78 is 5.79. The number of carboxylic acid groups (broad SMARTS) is 1. The van der Waals surface area contributed by atoms with Crippen molar-refractivity contribution < 1.29 is 24.5 Å². The topological polar surface area (TPSA) is 99.1 Å². The minimum Gasteiger partial charge on any atom is -0.489 e. The number of amides is 3. The molecule has 0 bridgehead atoms. The molecule has 0 aliphatic rings. The number of carbonyl (C=O) groups excluding carboxylic acids is 1. The molecule has 3 rings (SSSR count). The lowest BCUT2D eigenvalue weighted by atomic mass is 10.0. The van der Waals surface area contributed by atoms with E-state index in [2.05, 4.69) is 17.4 Å². The molecule has 0 radical (unpaired) electrons. The highest BCUT2D eigenvalue weighted by molar-refractivity contribution is 5.98. The van der Waals surface area contributed by atoms with Gasteiger partial charge in [-0.25, -0.2) is 14.5 Å². The highest BCUT2D eigenvalue weighted by atomic mass is 16.5. The zero-order valence-electron chi connectivity index (χ0n) is 17.1. The fraction of sp³-hybridized carbons (Fsp3) is 0.167. The van der Waals surface area contributed by atoms with Crippen molar-refractivity contribution in [1.29, 1.82) is 0 Å². The Hall–Kier alpha value is -3.84. The molecular weight excluding hydrogens is 396 g/mol. The standard InChI is InChI=1S/C24H24N2O5/c1-17(15-27)26(24(29)30)23(28)25-21-11-13-22(14-12-21)31-16-18-7-9-20(10-8-18)19-5-3-2-4-6-19/h2-14,17,27H,15-16H2,1H3,(H,25,28)(H,29,30). The minimum atomic E-state index is -1.43. The monoisotopic (exact) mass is 420 g/mol. The van der Waals surface area contributed by atoms with Gasteiger partial charge in [0, 0.05) is 5.69 Å². The van der Waals surface area contributed by atoms with Crippen LogP contribution in [0.3, 0.4) is 0 Å². The lowest BCUT2D eigenvalue weighted by molar-refractivity contribution is 0.120. The summed E-state index contributed by atoms with van der Waals surface area (Å²) in [7, 11) is 0. The van der Waals surface area contributed by atoms with Gasteiger partial charge in [0.15, 0.2) is 0 Å². The molecule has 0 spiro atoms. The highest BCUT2D eigenvalue weighted by Crippen LogP contribution is 2.21. The minimum absolute atomic E-state index is 0.390. The van der Waals surface area contributed by atoms with E-state index >= 15 is 0 Å². The van der Waals surface area contributed by atoms with E-state index in [1.807, 2.05) is 42.5 Å². The number of nitrogens with zero attached hydrogens (tertiary/aromatic N) is 1. The van der Waals surface area contributed by atoms with Crippen molar-refractivity contribution in [3.63, 3.8) is 0 Å². The van der Waals surface area contributed by atoms with Crippen molar-refractivity contribution in [3.05, 3.63) is 84.4 Å². The first-order chi connectivity index (χ1) is 15.0. The predicted molar refractivity (Wildman–Crippen MR) is 118 cm³/mol. The molecule has 0 aromatic heterocycles. The smallest absolute Gasteiger partial charge is 0.415 e. The average molecular weight is 420 g/mol. The molecule has 3 amide bonds. The number of nitrogens with one attached hydrogen (secondary N) is 1. The molecule has 3 aromatic carbocycles. The van der Waals surface area contributed by atoms with Crippen LogP contribution >= 0.6 is 0 Å². The summed E-state index contributed by atoms with van der Waals surface area (Å²) >= 11 is 0. The van der Waals surface area contributed by atoms with Crippen LogP contribution < -0.4 is 10.1 Å². The molecule has 0 heterocycles. The summed E-state index contributed by atoms with van der Waals surface area (Å²) in [6.45, 7) is 1.37.